The molecule has 0 amide bonds. The molecule has 36 heavy (non-hydrogen) atoms. The number of hydrogen-bond acceptors (Lipinski definition) is 8. The number of halogens is 1. The Balaban J connectivity index is 1.39. The molecule has 0 unspecified atom stereocenters. The summed E-state index contributed by atoms with van der Waals surface area (Å²) in [5, 5.41) is 15.6. The number of aryl methyl sites for hydroxylation is 1. The van der Waals surface area contributed by atoms with Gasteiger partial charge in [0, 0.05) is 29.3 Å². The SMILES string of the molecule is CCc1cc([C@H]2CC[C@H](c3nnc4n3-c3ccc(Cl)cc3CN(OC(=O)OC(C)(C)C)C4)CC2)no1. The fourth-order valence-corrected chi connectivity index (χ4v) is 5.23. The Kier molecular flexibility index (Phi) is 6.78. The number of hydrogen-bond donors (Lipinski definition) is 0. The third kappa shape index (κ3) is 5.27. The highest BCUT2D eigenvalue weighted by molar-refractivity contribution is 6.30. The number of nitrogens with zero attached hydrogens (tertiary/aromatic N) is 5. The zero-order valence-corrected chi connectivity index (χ0v) is 21.9. The van der Waals surface area contributed by atoms with Crippen LogP contribution in [0, 0.1) is 0 Å². The molecule has 1 aliphatic carbocycles. The Morgan fingerprint density at radius 2 is 1.86 bits per heavy atom. The van der Waals surface area contributed by atoms with Crippen LogP contribution in [-0.4, -0.2) is 36.7 Å². The molecule has 0 atom stereocenters. The number of ether oxygens (including phenoxy) is 1. The van der Waals surface area contributed by atoms with E-state index >= 15 is 0 Å². The van der Waals surface area contributed by atoms with Crippen LogP contribution in [-0.2, 0) is 29.1 Å². The van der Waals surface area contributed by atoms with Crippen molar-refractivity contribution in [3.05, 3.63) is 58.0 Å². The van der Waals surface area contributed by atoms with Gasteiger partial charge in [-0.25, -0.2) is 4.79 Å². The Hall–Kier alpha value is -2.91. The number of hydroxylamine groups is 2. The van der Waals surface area contributed by atoms with Crippen LogP contribution in [0.25, 0.3) is 5.69 Å². The summed E-state index contributed by atoms with van der Waals surface area (Å²) in [6.45, 7) is 8.12. The first-order valence-electron chi connectivity index (χ1n) is 12.5. The lowest BCUT2D eigenvalue weighted by Gasteiger charge is -2.27. The molecule has 1 saturated carbocycles. The van der Waals surface area contributed by atoms with Gasteiger partial charge in [-0.15, -0.1) is 15.3 Å². The molecule has 1 aromatic carbocycles. The van der Waals surface area contributed by atoms with Gasteiger partial charge in [-0.3, -0.25) is 4.57 Å². The molecule has 3 aromatic rings. The predicted octanol–water partition coefficient (Wildman–Crippen LogP) is 6.09. The Labute approximate surface area is 215 Å². The molecular formula is C26H32ClN5O4. The summed E-state index contributed by atoms with van der Waals surface area (Å²) in [6.07, 6.45) is 4.10. The lowest BCUT2D eigenvalue weighted by Crippen LogP contribution is -2.31. The van der Waals surface area contributed by atoms with Gasteiger partial charge < -0.3 is 14.1 Å². The standard InChI is InChI=1S/C26H32ClN5O4/c1-5-20-13-21(30-35-20)16-6-8-17(9-7-16)24-29-28-23-15-31(36-25(33)34-26(2,3)4)14-18-12-19(27)10-11-22(18)32(23)24/h10-13,16-17H,5-9,14-15H2,1-4H3/t16-,17-. The van der Waals surface area contributed by atoms with Gasteiger partial charge in [0.2, 0.25) is 0 Å². The smallest absolute Gasteiger partial charge is 0.427 e. The normalized spacial score (nSPS) is 20.4. The highest BCUT2D eigenvalue weighted by Crippen LogP contribution is 2.41. The molecule has 2 aromatic heterocycles. The largest absolute Gasteiger partial charge is 0.528 e. The van der Waals surface area contributed by atoms with Crippen molar-refractivity contribution in [1.82, 2.24) is 25.0 Å². The first kappa shape index (κ1) is 24.8. The van der Waals surface area contributed by atoms with E-state index in [1.165, 1.54) is 0 Å². The molecule has 0 saturated heterocycles. The predicted molar refractivity (Wildman–Crippen MR) is 133 cm³/mol. The van der Waals surface area contributed by atoms with Gasteiger partial charge in [0.25, 0.3) is 0 Å². The highest BCUT2D eigenvalue weighted by atomic mass is 35.5. The summed E-state index contributed by atoms with van der Waals surface area (Å²) in [5.74, 6) is 3.24. The molecule has 3 heterocycles. The van der Waals surface area contributed by atoms with Crippen molar-refractivity contribution in [2.75, 3.05) is 0 Å². The maximum absolute atomic E-state index is 12.4. The van der Waals surface area contributed by atoms with Crippen LogP contribution >= 0.6 is 11.6 Å². The summed E-state index contributed by atoms with van der Waals surface area (Å²) < 4.78 is 12.9. The first-order valence-corrected chi connectivity index (χ1v) is 12.9. The van der Waals surface area contributed by atoms with E-state index < -0.39 is 11.8 Å². The van der Waals surface area contributed by atoms with Gasteiger partial charge in [-0.1, -0.05) is 23.7 Å². The summed E-state index contributed by atoms with van der Waals surface area (Å²) in [4.78, 5) is 17.9. The Morgan fingerprint density at radius 3 is 2.56 bits per heavy atom. The average molecular weight is 514 g/mol. The van der Waals surface area contributed by atoms with Crippen molar-refractivity contribution in [3.8, 4) is 5.69 Å². The van der Waals surface area contributed by atoms with Crippen molar-refractivity contribution < 1.29 is 18.9 Å². The first-order chi connectivity index (χ1) is 17.2. The summed E-state index contributed by atoms with van der Waals surface area (Å²) >= 11 is 6.34. The zero-order valence-electron chi connectivity index (χ0n) is 21.2. The maximum atomic E-state index is 12.4. The van der Waals surface area contributed by atoms with E-state index in [1.807, 2.05) is 18.2 Å². The van der Waals surface area contributed by atoms with Crippen LogP contribution in [0.5, 0.6) is 0 Å². The molecule has 0 radical (unpaired) electrons. The Morgan fingerprint density at radius 1 is 1.11 bits per heavy atom. The van der Waals surface area contributed by atoms with Gasteiger partial charge in [-0.05, 0) is 70.2 Å². The number of fused-ring (bicyclic) bond motifs is 3. The average Bonchev–Trinajstić information content (AvgIpc) is 3.42. The van der Waals surface area contributed by atoms with E-state index in [1.54, 1.807) is 25.8 Å². The molecule has 0 spiro atoms. The molecule has 0 bridgehead atoms. The summed E-state index contributed by atoms with van der Waals surface area (Å²) in [5.41, 5.74) is 2.28. The monoisotopic (exact) mass is 513 g/mol. The van der Waals surface area contributed by atoms with E-state index in [2.05, 4.69) is 32.9 Å². The third-order valence-corrected chi connectivity index (χ3v) is 6.97. The number of benzene rings is 1. The van der Waals surface area contributed by atoms with Gasteiger partial charge in [0.1, 0.15) is 17.2 Å². The fraction of sp³-hybridized carbons (Fsp3) is 0.538. The van der Waals surface area contributed by atoms with E-state index in [9.17, 15) is 4.79 Å². The molecule has 1 aliphatic heterocycles. The van der Waals surface area contributed by atoms with E-state index in [0.29, 0.717) is 23.3 Å². The topological polar surface area (TPSA) is 95.5 Å². The van der Waals surface area contributed by atoms with Crippen LogP contribution in [0.2, 0.25) is 5.02 Å². The second-order valence-corrected chi connectivity index (χ2v) is 11.0. The minimum absolute atomic E-state index is 0.266. The molecule has 1 fully saturated rings. The van der Waals surface area contributed by atoms with E-state index in [4.69, 9.17) is 25.7 Å². The molecule has 5 rings (SSSR count). The minimum Gasteiger partial charge on any atom is -0.427 e. The van der Waals surface area contributed by atoms with Crippen molar-refractivity contribution >= 4 is 17.8 Å². The number of rotatable bonds is 4. The summed E-state index contributed by atoms with van der Waals surface area (Å²) in [7, 11) is 0. The van der Waals surface area contributed by atoms with Crippen LogP contribution < -0.4 is 0 Å². The van der Waals surface area contributed by atoms with E-state index in [0.717, 1.165) is 60.6 Å². The number of carbonyl (C=O) groups is 1. The van der Waals surface area contributed by atoms with Crippen LogP contribution in [0.4, 0.5) is 4.79 Å². The highest BCUT2D eigenvalue weighted by Gasteiger charge is 2.33. The van der Waals surface area contributed by atoms with Crippen molar-refractivity contribution in [1.29, 1.82) is 0 Å². The van der Waals surface area contributed by atoms with Crippen molar-refractivity contribution in [3.63, 3.8) is 0 Å². The quantitative estimate of drug-likeness (QED) is 0.386. The minimum atomic E-state index is -0.753. The fourth-order valence-electron chi connectivity index (χ4n) is 5.04. The molecular weight excluding hydrogens is 482 g/mol. The van der Waals surface area contributed by atoms with Gasteiger partial charge in [-0.2, -0.15) is 0 Å². The second kappa shape index (κ2) is 9.86. The van der Waals surface area contributed by atoms with Gasteiger partial charge in [0.05, 0.1) is 24.5 Å². The summed E-state index contributed by atoms with van der Waals surface area (Å²) in [6, 6.07) is 7.84. The Bertz CT molecular complexity index is 1240. The third-order valence-electron chi connectivity index (χ3n) is 6.73. The lowest BCUT2D eigenvalue weighted by molar-refractivity contribution is -0.155. The van der Waals surface area contributed by atoms with E-state index in [-0.39, 0.29) is 12.5 Å². The lowest BCUT2D eigenvalue weighted by atomic mass is 9.80. The number of carbonyl (C=O) groups excluding carboxylic acids is 1. The van der Waals surface area contributed by atoms with Gasteiger partial charge >= 0.3 is 6.16 Å². The zero-order chi connectivity index (χ0) is 25.4. The molecule has 10 heteroatoms. The van der Waals surface area contributed by atoms with Crippen LogP contribution in [0.1, 0.15) is 93.9 Å². The van der Waals surface area contributed by atoms with Crippen molar-refractivity contribution in [2.24, 2.45) is 0 Å². The van der Waals surface area contributed by atoms with Crippen LogP contribution in [0.15, 0.2) is 28.8 Å². The molecule has 0 N–H and O–H groups in total. The molecule has 9 nitrogen and oxygen atoms in total. The van der Waals surface area contributed by atoms with Gasteiger partial charge in [0.15, 0.2) is 5.82 Å². The second-order valence-electron chi connectivity index (χ2n) is 10.6. The maximum Gasteiger partial charge on any atom is 0.528 e. The molecule has 2 aliphatic rings. The van der Waals surface area contributed by atoms with Crippen molar-refractivity contribution in [2.45, 2.75) is 90.3 Å². The molecule has 192 valence electrons. The van der Waals surface area contributed by atoms with Crippen LogP contribution in [0.3, 0.4) is 0 Å². The number of aromatic nitrogens is 4.